The molecule has 2 amide bonds. The van der Waals surface area contributed by atoms with Crippen molar-refractivity contribution in [1.29, 1.82) is 0 Å². The Morgan fingerprint density at radius 2 is 1.70 bits per heavy atom. The molecule has 0 aliphatic carbocycles. The van der Waals surface area contributed by atoms with Gasteiger partial charge in [-0.05, 0) is 60.9 Å². The van der Waals surface area contributed by atoms with Crippen molar-refractivity contribution in [3.63, 3.8) is 0 Å². The van der Waals surface area contributed by atoms with Crippen molar-refractivity contribution >= 4 is 55.1 Å². The lowest BCUT2D eigenvalue weighted by Crippen LogP contribution is -2.51. The number of carbonyl (C=O) groups excluding carboxylic acids is 2. The van der Waals surface area contributed by atoms with Gasteiger partial charge in [0.1, 0.15) is 18.3 Å². The van der Waals surface area contributed by atoms with Crippen LogP contribution in [0.25, 0.3) is 0 Å². The molecule has 1 atom stereocenters. The number of sulfonamides is 1. The van der Waals surface area contributed by atoms with Crippen LogP contribution in [0.3, 0.4) is 0 Å². The first-order valence-electron chi connectivity index (χ1n) is 12.7. The van der Waals surface area contributed by atoms with Gasteiger partial charge >= 0.3 is 0 Å². The Bertz CT molecular complexity index is 1440. The van der Waals surface area contributed by atoms with Gasteiger partial charge in [-0.25, -0.2) is 8.42 Å². The monoisotopic (exact) mass is 649 g/mol. The van der Waals surface area contributed by atoms with Gasteiger partial charge in [0.05, 0.1) is 17.7 Å². The minimum Gasteiger partial charge on any atom is -0.495 e. The molecule has 3 rings (SSSR count). The molecule has 3 aromatic rings. The molecule has 214 valence electrons. The smallest absolute Gasteiger partial charge is 0.264 e. The second-order valence-electron chi connectivity index (χ2n) is 9.61. The van der Waals surface area contributed by atoms with Crippen molar-refractivity contribution in [2.24, 2.45) is 5.92 Å². The molecule has 0 aliphatic heterocycles. The molecule has 0 aliphatic rings. The Hall–Kier alpha value is -3.08. The predicted octanol–water partition coefficient (Wildman–Crippen LogP) is 5.50. The zero-order valence-electron chi connectivity index (χ0n) is 22.8. The molecule has 0 bridgehead atoms. The number of nitrogens with one attached hydrogen (secondary N) is 1. The molecule has 0 unspecified atom stereocenters. The number of anilines is 1. The average molecular weight is 651 g/mol. The second kappa shape index (κ2) is 14.0. The number of rotatable bonds is 12. The summed E-state index contributed by atoms with van der Waals surface area (Å²) in [6, 6.07) is 18.8. The van der Waals surface area contributed by atoms with Gasteiger partial charge in [-0.1, -0.05) is 71.7 Å². The lowest BCUT2D eigenvalue weighted by atomic mass is 10.1. The van der Waals surface area contributed by atoms with E-state index < -0.39 is 28.5 Å². The average Bonchev–Trinajstić information content (AvgIpc) is 2.93. The van der Waals surface area contributed by atoms with E-state index in [-0.39, 0.29) is 39.7 Å². The first-order valence-corrected chi connectivity index (χ1v) is 15.3. The van der Waals surface area contributed by atoms with E-state index in [0.29, 0.717) is 6.54 Å². The van der Waals surface area contributed by atoms with E-state index in [1.807, 2.05) is 38.1 Å². The van der Waals surface area contributed by atoms with Crippen LogP contribution in [0.4, 0.5) is 5.69 Å². The zero-order chi connectivity index (χ0) is 29.4. The number of ether oxygens (including phenoxy) is 1. The van der Waals surface area contributed by atoms with E-state index in [1.165, 1.54) is 36.3 Å². The van der Waals surface area contributed by atoms with Crippen LogP contribution in [0.5, 0.6) is 5.75 Å². The number of halogens is 2. The lowest BCUT2D eigenvalue weighted by Gasteiger charge is -2.32. The first-order chi connectivity index (χ1) is 18.9. The fourth-order valence-electron chi connectivity index (χ4n) is 3.96. The fraction of sp³-hybridized carbons (Fsp3) is 0.310. The van der Waals surface area contributed by atoms with Crippen molar-refractivity contribution in [2.75, 3.05) is 24.5 Å². The highest BCUT2D eigenvalue weighted by molar-refractivity contribution is 9.10. The predicted molar refractivity (Wildman–Crippen MR) is 161 cm³/mol. The number of hydrogen-bond donors (Lipinski definition) is 1. The van der Waals surface area contributed by atoms with E-state index in [9.17, 15) is 18.0 Å². The van der Waals surface area contributed by atoms with Gasteiger partial charge in [0.2, 0.25) is 11.8 Å². The molecule has 8 nitrogen and oxygen atoms in total. The molecule has 0 radical (unpaired) electrons. The molecule has 40 heavy (non-hydrogen) atoms. The highest BCUT2D eigenvalue weighted by Gasteiger charge is 2.34. The summed E-state index contributed by atoms with van der Waals surface area (Å²) in [7, 11) is -2.83. The number of nitrogens with zero attached hydrogens (tertiary/aromatic N) is 2. The maximum absolute atomic E-state index is 14.0. The summed E-state index contributed by atoms with van der Waals surface area (Å²) in [5, 5.41) is 3.14. The lowest BCUT2D eigenvalue weighted by molar-refractivity contribution is -0.139. The van der Waals surface area contributed by atoms with Crippen LogP contribution in [-0.2, 0) is 26.2 Å². The standard InChI is InChI=1S/C29H33BrClN3O5S/c1-20(2)17-32-29(36)21(3)33(18-22-9-8-10-23(30)15-22)28(35)19-34(26-16-24(31)13-14-27(26)39-4)40(37,38)25-11-6-5-7-12-25/h5-16,20-21H,17-19H2,1-4H3,(H,32,36)/t21-/m0/s1. The summed E-state index contributed by atoms with van der Waals surface area (Å²) in [5.74, 6) is -0.478. The van der Waals surface area contributed by atoms with Crippen molar-refractivity contribution in [3.05, 3.63) is 87.9 Å². The highest BCUT2D eigenvalue weighted by Crippen LogP contribution is 2.35. The first kappa shape index (κ1) is 31.4. The molecule has 0 saturated heterocycles. The minimum atomic E-state index is -4.24. The van der Waals surface area contributed by atoms with Crippen LogP contribution < -0.4 is 14.4 Å². The molecular formula is C29H33BrClN3O5S. The molecule has 11 heteroatoms. The molecule has 1 N–H and O–H groups in total. The molecule has 0 aromatic heterocycles. The normalized spacial score (nSPS) is 12.1. The molecule has 0 saturated carbocycles. The van der Waals surface area contributed by atoms with Crippen LogP contribution >= 0.6 is 27.5 Å². The number of benzene rings is 3. The van der Waals surface area contributed by atoms with Crippen molar-refractivity contribution in [2.45, 2.75) is 38.3 Å². The maximum atomic E-state index is 14.0. The molecule has 0 fully saturated rings. The Morgan fingerprint density at radius 1 is 1.00 bits per heavy atom. The van der Waals surface area contributed by atoms with E-state index in [2.05, 4.69) is 21.2 Å². The summed E-state index contributed by atoms with van der Waals surface area (Å²) in [4.78, 5) is 28.5. The Morgan fingerprint density at radius 3 is 2.33 bits per heavy atom. The Balaban J connectivity index is 2.07. The van der Waals surface area contributed by atoms with Crippen molar-refractivity contribution in [1.82, 2.24) is 10.2 Å². The van der Waals surface area contributed by atoms with Crippen molar-refractivity contribution in [3.8, 4) is 5.75 Å². The van der Waals surface area contributed by atoms with E-state index in [4.69, 9.17) is 16.3 Å². The number of amides is 2. The summed E-state index contributed by atoms with van der Waals surface area (Å²) >= 11 is 9.70. The minimum absolute atomic E-state index is 0.00825. The SMILES string of the molecule is COc1ccc(Cl)cc1N(CC(=O)N(Cc1cccc(Br)c1)[C@@H](C)C(=O)NCC(C)C)S(=O)(=O)c1ccccc1. The van der Waals surface area contributed by atoms with Gasteiger partial charge in [0.15, 0.2) is 0 Å². The third kappa shape index (κ3) is 7.99. The third-order valence-corrected chi connectivity index (χ3v) is 8.62. The van der Waals surface area contributed by atoms with Gasteiger partial charge in [0, 0.05) is 22.6 Å². The van der Waals surface area contributed by atoms with E-state index in [0.717, 1.165) is 14.3 Å². The van der Waals surface area contributed by atoms with Crippen LogP contribution in [0.2, 0.25) is 5.02 Å². The van der Waals surface area contributed by atoms with Crippen LogP contribution in [0, 0.1) is 5.92 Å². The number of methoxy groups -OCH3 is 1. The largest absolute Gasteiger partial charge is 0.495 e. The zero-order valence-corrected chi connectivity index (χ0v) is 26.0. The number of carbonyl (C=O) groups is 2. The fourth-order valence-corrected chi connectivity index (χ4v) is 6.01. The van der Waals surface area contributed by atoms with Gasteiger partial charge in [-0.3, -0.25) is 13.9 Å². The second-order valence-corrected chi connectivity index (χ2v) is 12.8. The number of hydrogen-bond acceptors (Lipinski definition) is 5. The summed E-state index contributed by atoms with van der Waals surface area (Å²) in [6.07, 6.45) is 0. The molecule has 3 aromatic carbocycles. The molecule has 0 spiro atoms. The van der Waals surface area contributed by atoms with Crippen LogP contribution in [-0.4, -0.2) is 51.4 Å². The highest BCUT2D eigenvalue weighted by atomic mass is 79.9. The van der Waals surface area contributed by atoms with Crippen molar-refractivity contribution < 1.29 is 22.7 Å². The van der Waals surface area contributed by atoms with E-state index >= 15 is 0 Å². The topological polar surface area (TPSA) is 96.0 Å². The van der Waals surface area contributed by atoms with Gasteiger partial charge in [0.25, 0.3) is 10.0 Å². The van der Waals surface area contributed by atoms with Gasteiger partial charge in [-0.15, -0.1) is 0 Å². The quantitative estimate of drug-likeness (QED) is 0.280. The van der Waals surface area contributed by atoms with Crippen LogP contribution in [0.15, 0.2) is 82.2 Å². The van der Waals surface area contributed by atoms with Crippen LogP contribution in [0.1, 0.15) is 26.3 Å². The van der Waals surface area contributed by atoms with Gasteiger partial charge < -0.3 is 15.0 Å². The maximum Gasteiger partial charge on any atom is 0.264 e. The molecular weight excluding hydrogens is 618 g/mol. The Labute approximate surface area is 249 Å². The summed E-state index contributed by atoms with van der Waals surface area (Å²) < 4.78 is 35.1. The van der Waals surface area contributed by atoms with E-state index in [1.54, 1.807) is 31.2 Å². The Kier molecular flexibility index (Phi) is 11.0. The molecule has 0 heterocycles. The third-order valence-electron chi connectivity index (χ3n) is 6.11. The summed E-state index contributed by atoms with van der Waals surface area (Å²) in [6.45, 7) is 5.50. The summed E-state index contributed by atoms with van der Waals surface area (Å²) in [5.41, 5.74) is 0.871. The van der Waals surface area contributed by atoms with Gasteiger partial charge in [-0.2, -0.15) is 0 Å².